The Morgan fingerprint density at radius 3 is 2.25 bits per heavy atom. The first-order valence-corrected chi connectivity index (χ1v) is 10.3. The van der Waals surface area contributed by atoms with E-state index >= 15 is 0 Å². The van der Waals surface area contributed by atoms with Gasteiger partial charge in [-0.2, -0.15) is 0 Å². The van der Waals surface area contributed by atoms with Crippen molar-refractivity contribution < 1.29 is 0 Å². The summed E-state index contributed by atoms with van der Waals surface area (Å²) in [5.74, 6) is 0. The Hall–Kier alpha value is -0.303. The van der Waals surface area contributed by atoms with Crippen molar-refractivity contribution in [3.8, 4) is 0 Å². The van der Waals surface area contributed by atoms with Crippen LogP contribution in [0.4, 0.5) is 0 Å². The normalized spacial score (nSPS) is 25.2. The van der Waals surface area contributed by atoms with Gasteiger partial charge in [0.05, 0.1) is 8.07 Å². The minimum Gasteiger partial charge on any atom is -0.0806 e. The fraction of sp³-hybridized carbons (Fsp3) is 0.733. The fourth-order valence-corrected chi connectivity index (χ4v) is 5.31. The number of hydrogen-bond donors (Lipinski definition) is 0. The van der Waals surface area contributed by atoms with Gasteiger partial charge in [0.1, 0.15) is 0 Å². The zero-order chi connectivity index (χ0) is 11.8. The third-order valence-corrected chi connectivity index (χ3v) is 6.73. The third kappa shape index (κ3) is 2.20. The minimum absolute atomic E-state index is 0.515. The summed E-state index contributed by atoms with van der Waals surface area (Å²) in [6.45, 7) is 10.0. The van der Waals surface area contributed by atoms with E-state index in [2.05, 4.69) is 38.7 Å². The number of hydrogen-bond acceptors (Lipinski definition) is 0. The van der Waals surface area contributed by atoms with E-state index in [-0.39, 0.29) is 0 Å². The Kier molecular flexibility index (Phi) is 3.17. The lowest BCUT2D eigenvalue weighted by Crippen LogP contribution is -2.30. The molecule has 0 aliphatic heterocycles. The summed E-state index contributed by atoms with van der Waals surface area (Å²) in [6.07, 6.45) is 13.3. The summed E-state index contributed by atoms with van der Waals surface area (Å²) < 4.78 is 0. The summed E-state index contributed by atoms with van der Waals surface area (Å²) >= 11 is 0. The SMILES string of the molecule is CC1(C2=C([Si](C)(C)C)CC=C2)CCCCC1. The summed E-state index contributed by atoms with van der Waals surface area (Å²) in [5, 5.41) is 1.83. The van der Waals surface area contributed by atoms with Gasteiger partial charge in [0.15, 0.2) is 0 Å². The molecule has 0 aromatic carbocycles. The molecule has 0 bridgehead atoms. The highest BCUT2D eigenvalue weighted by atomic mass is 28.3. The van der Waals surface area contributed by atoms with Crippen LogP contribution in [-0.4, -0.2) is 8.07 Å². The molecule has 0 atom stereocenters. The lowest BCUT2D eigenvalue weighted by Gasteiger charge is -2.37. The van der Waals surface area contributed by atoms with Gasteiger partial charge in [-0.3, -0.25) is 0 Å². The Bertz CT molecular complexity index is 322. The second kappa shape index (κ2) is 4.18. The fourth-order valence-electron chi connectivity index (χ4n) is 3.38. The zero-order valence-electron chi connectivity index (χ0n) is 11.4. The molecule has 0 aromatic heterocycles. The maximum absolute atomic E-state index is 2.51. The van der Waals surface area contributed by atoms with Crippen LogP contribution in [0.1, 0.15) is 45.4 Å². The smallest absolute Gasteiger partial charge is 0.0732 e. The van der Waals surface area contributed by atoms with Crippen LogP contribution in [0.2, 0.25) is 19.6 Å². The van der Waals surface area contributed by atoms with E-state index in [1.807, 2.05) is 5.20 Å². The predicted octanol–water partition coefficient (Wildman–Crippen LogP) is 5.09. The Balaban J connectivity index is 2.33. The van der Waals surface area contributed by atoms with Crippen LogP contribution in [0, 0.1) is 5.41 Å². The van der Waals surface area contributed by atoms with Crippen molar-refractivity contribution in [3.05, 3.63) is 22.9 Å². The van der Waals surface area contributed by atoms with E-state index in [1.165, 1.54) is 38.5 Å². The second-order valence-electron chi connectivity index (χ2n) is 6.87. The van der Waals surface area contributed by atoms with Crippen molar-refractivity contribution in [3.63, 3.8) is 0 Å². The van der Waals surface area contributed by atoms with E-state index in [1.54, 1.807) is 5.57 Å². The van der Waals surface area contributed by atoms with Crippen LogP contribution >= 0.6 is 0 Å². The first-order valence-electron chi connectivity index (χ1n) is 6.84. The van der Waals surface area contributed by atoms with Crippen molar-refractivity contribution in [1.82, 2.24) is 0 Å². The highest BCUT2D eigenvalue weighted by Crippen LogP contribution is 2.47. The van der Waals surface area contributed by atoms with Gasteiger partial charge in [0.2, 0.25) is 0 Å². The predicted molar refractivity (Wildman–Crippen MR) is 75.3 cm³/mol. The van der Waals surface area contributed by atoms with Crippen molar-refractivity contribution in [2.75, 3.05) is 0 Å². The van der Waals surface area contributed by atoms with E-state index in [0.717, 1.165) is 0 Å². The minimum atomic E-state index is -1.10. The molecule has 1 saturated carbocycles. The monoisotopic (exact) mass is 234 g/mol. The molecule has 0 spiro atoms. The standard InChI is InChI=1S/C15H26Si/c1-15(11-6-5-7-12-15)13-9-8-10-14(13)16(2,3)4/h8-9H,5-7,10-12H2,1-4H3. The molecule has 16 heavy (non-hydrogen) atoms. The van der Waals surface area contributed by atoms with E-state index in [9.17, 15) is 0 Å². The van der Waals surface area contributed by atoms with Crippen LogP contribution in [0.25, 0.3) is 0 Å². The second-order valence-corrected chi connectivity index (χ2v) is 12.0. The molecular weight excluding hydrogens is 208 g/mol. The molecule has 2 aliphatic carbocycles. The molecule has 0 N–H and O–H groups in total. The van der Waals surface area contributed by atoms with Crippen molar-refractivity contribution in [1.29, 1.82) is 0 Å². The topological polar surface area (TPSA) is 0 Å². The van der Waals surface area contributed by atoms with Gasteiger partial charge in [-0.15, -0.1) is 0 Å². The summed E-state index contributed by atoms with van der Waals surface area (Å²) in [4.78, 5) is 0. The molecule has 0 radical (unpaired) electrons. The van der Waals surface area contributed by atoms with Gasteiger partial charge in [-0.05, 0) is 30.3 Å². The van der Waals surface area contributed by atoms with Crippen LogP contribution in [-0.2, 0) is 0 Å². The molecule has 0 amide bonds. The van der Waals surface area contributed by atoms with Gasteiger partial charge in [0, 0.05) is 0 Å². The highest BCUT2D eigenvalue weighted by molar-refractivity contribution is 6.83. The van der Waals surface area contributed by atoms with Crippen molar-refractivity contribution >= 4 is 8.07 Å². The first-order chi connectivity index (χ1) is 7.43. The maximum atomic E-state index is 2.51. The Labute approximate surface area is 102 Å². The molecule has 2 aliphatic rings. The van der Waals surface area contributed by atoms with Gasteiger partial charge in [-0.1, -0.05) is 63.2 Å². The van der Waals surface area contributed by atoms with Gasteiger partial charge < -0.3 is 0 Å². The zero-order valence-corrected chi connectivity index (χ0v) is 12.4. The Morgan fingerprint density at radius 1 is 1.06 bits per heavy atom. The average molecular weight is 234 g/mol. The molecule has 0 nitrogen and oxygen atoms in total. The number of allylic oxidation sites excluding steroid dienone is 4. The lowest BCUT2D eigenvalue weighted by molar-refractivity contribution is 0.272. The Morgan fingerprint density at radius 2 is 1.69 bits per heavy atom. The highest BCUT2D eigenvalue weighted by Gasteiger charge is 2.35. The third-order valence-electron chi connectivity index (χ3n) is 4.44. The van der Waals surface area contributed by atoms with Gasteiger partial charge >= 0.3 is 0 Å². The van der Waals surface area contributed by atoms with Crippen LogP contribution in [0.15, 0.2) is 22.9 Å². The van der Waals surface area contributed by atoms with E-state index < -0.39 is 8.07 Å². The van der Waals surface area contributed by atoms with Gasteiger partial charge in [0.25, 0.3) is 0 Å². The first kappa shape index (κ1) is 12.2. The van der Waals surface area contributed by atoms with Crippen LogP contribution in [0.5, 0.6) is 0 Å². The molecule has 0 unspecified atom stereocenters. The van der Waals surface area contributed by atoms with Crippen LogP contribution < -0.4 is 0 Å². The van der Waals surface area contributed by atoms with Crippen molar-refractivity contribution in [2.45, 2.75) is 65.1 Å². The quantitative estimate of drug-likeness (QED) is 0.584. The summed E-state index contributed by atoms with van der Waals surface area (Å²) in [6, 6.07) is 0. The van der Waals surface area contributed by atoms with E-state index in [4.69, 9.17) is 0 Å². The molecule has 1 fully saturated rings. The molecule has 90 valence electrons. The molecule has 0 heterocycles. The van der Waals surface area contributed by atoms with E-state index in [0.29, 0.717) is 5.41 Å². The van der Waals surface area contributed by atoms with Crippen LogP contribution in [0.3, 0.4) is 0 Å². The molecule has 0 saturated heterocycles. The maximum Gasteiger partial charge on any atom is 0.0732 e. The summed E-state index contributed by atoms with van der Waals surface area (Å²) in [5.41, 5.74) is 2.26. The molecule has 0 aromatic rings. The lowest BCUT2D eigenvalue weighted by atomic mass is 9.71. The molecular formula is C15H26Si. The largest absolute Gasteiger partial charge is 0.0806 e. The van der Waals surface area contributed by atoms with Gasteiger partial charge in [-0.25, -0.2) is 0 Å². The average Bonchev–Trinajstić information content (AvgIpc) is 2.67. The molecule has 2 rings (SSSR count). The summed E-state index contributed by atoms with van der Waals surface area (Å²) in [7, 11) is -1.10. The van der Waals surface area contributed by atoms with Crippen molar-refractivity contribution in [2.24, 2.45) is 5.41 Å². The molecule has 1 heteroatoms. The number of rotatable bonds is 2.